The standard InChI is InChI=1S/C32H30N2O4S2/c1-5-37-31(36)27-28(22-11-7-6-8-12-22)33-32-34(29(27)23-14-16-25(39-4)17-15-23)30(35)26(40-32)19-21-10-9-13-24(18-21)38-20(2)3/h6-20,29H,5H2,1-4H3/b26-19-/t29-/m0/s1. The minimum Gasteiger partial charge on any atom is -0.491 e. The smallest absolute Gasteiger partial charge is 0.338 e. The lowest BCUT2D eigenvalue weighted by Crippen LogP contribution is -2.40. The van der Waals surface area contributed by atoms with Crippen molar-refractivity contribution in [3.8, 4) is 5.75 Å². The van der Waals surface area contributed by atoms with Crippen molar-refractivity contribution in [1.82, 2.24) is 4.57 Å². The molecule has 40 heavy (non-hydrogen) atoms. The van der Waals surface area contributed by atoms with Gasteiger partial charge in [0.15, 0.2) is 4.80 Å². The van der Waals surface area contributed by atoms with Crippen LogP contribution in [0.1, 0.15) is 43.5 Å². The molecule has 0 spiro atoms. The van der Waals surface area contributed by atoms with Gasteiger partial charge in [-0.2, -0.15) is 0 Å². The van der Waals surface area contributed by atoms with Crippen LogP contribution in [0.3, 0.4) is 0 Å². The van der Waals surface area contributed by atoms with E-state index in [1.807, 2.05) is 105 Å². The van der Waals surface area contributed by atoms with Crippen molar-refractivity contribution in [2.45, 2.75) is 37.8 Å². The number of thioether (sulfide) groups is 1. The first-order valence-corrected chi connectivity index (χ1v) is 15.1. The minimum absolute atomic E-state index is 0.0377. The molecule has 6 nitrogen and oxygen atoms in total. The maximum atomic E-state index is 14.0. The van der Waals surface area contributed by atoms with Crippen molar-refractivity contribution in [2.75, 3.05) is 12.9 Å². The third kappa shape index (κ3) is 5.69. The summed E-state index contributed by atoms with van der Waals surface area (Å²) in [5.41, 5.74) is 3.08. The highest BCUT2D eigenvalue weighted by atomic mass is 32.2. The molecule has 2 heterocycles. The molecule has 0 bridgehead atoms. The van der Waals surface area contributed by atoms with Crippen LogP contribution in [0.4, 0.5) is 0 Å². The largest absolute Gasteiger partial charge is 0.491 e. The number of thiazole rings is 1. The molecule has 0 saturated heterocycles. The summed E-state index contributed by atoms with van der Waals surface area (Å²) in [6.45, 7) is 5.93. The first kappa shape index (κ1) is 27.7. The molecule has 0 unspecified atom stereocenters. The molecule has 0 aliphatic carbocycles. The molecule has 1 aliphatic heterocycles. The Morgan fingerprint density at radius 1 is 1.07 bits per heavy atom. The fourth-order valence-corrected chi connectivity index (χ4v) is 6.05. The van der Waals surface area contributed by atoms with Crippen LogP contribution in [0.5, 0.6) is 5.75 Å². The Labute approximate surface area is 241 Å². The molecule has 8 heteroatoms. The molecule has 204 valence electrons. The Morgan fingerprint density at radius 2 is 1.82 bits per heavy atom. The van der Waals surface area contributed by atoms with Crippen molar-refractivity contribution in [2.24, 2.45) is 4.99 Å². The Hall–Kier alpha value is -3.88. The number of fused-ring (bicyclic) bond motifs is 1. The maximum Gasteiger partial charge on any atom is 0.338 e. The summed E-state index contributed by atoms with van der Waals surface area (Å²) in [7, 11) is 0. The van der Waals surface area contributed by atoms with Gasteiger partial charge in [-0.25, -0.2) is 9.79 Å². The van der Waals surface area contributed by atoms with Gasteiger partial charge in [0.2, 0.25) is 0 Å². The SMILES string of the molecule is CCOC(=O)C1=C(c2ccccc2)N=c2s/c(=C\c3cccc(OC(C)C)c3)c(=O)n2[C@H]1c1ccc(SC)cc1. The van der Waals surface area contributed by atoms with Crippen molar-refractivity contribution >= 4 is 40.8 Å². The first-order valence-electron chi connectivity index (χ1n) is 13.1. The predicted molar refractivity (Wildman–Crippen MR) is 161 cm³/mol. The van der Waals surface area contributed by atoms with E-state index in [-0.39, 0.29) is 18.3 Å². The monoisotopic (exact) mass is 570 g/mol. The van der Waals surface area contributed by atoms with E-state index < -0.39 is 12.0 Å². The van der Waals surface area contributed by atoms with Gasteiger partial charge >= 0.3 is 5.97 Å². The Bertz CT molecular complexity index is 1740. The average Bonchev–Trinajstić information content (AvgIpc) is 3.27. The number of rotatable bonds is 8. The van der Waals surface area contributed by atoms with Gasteiger partial charge in [0.1, 0.15) is 5.75 Å². The third-order valence-corrected chi connectivity index (χ3v) is 8.06. The molecule has 0 saturated carbocycles. The van der Waals surface area contributed by atoms with Crippen molar-refractivity contribution < 1.29 is 14.3 Å². The summed E-state index contributed by atoms with van der Waals surface area (Å²) in [4.78, 5) is 34.1. The molecule has 4 aromatic rings. The highest BCUT2D eigenvalue weighted by molar-refractivity contribution is 7.98. The molecule has 1 atom stereocenters. The topological polar surface area (TPSA) is 69.9 Å². The molecular formula is C32H30N2O4S2. The lowest BCUT2D eigenvalue weighted by Gasteiger charge is -2.26. The van der Waals surface area contributed by atoms with Gasteiger partial charge in [0.05, 0.1) is 34.6 Å². The molecule has 5 rings (SSSR count). The Balaban J connectivity index is 1.77. The van der Waals surface area contributed by atoms with Gasteiger partial charge in [-0.05, 0) is 68.5 Å². The third-order valence-electron chi connectivity index (χ3n) is 6.33. The number of hydrogen-bond acceptors (Lipinski definition) is 7. The van der Waals surface area contributed by atoms with E-state index in [2.05, 4.69) is 0 Å². The van der Waals surface area contributed by atoms with Crippen LogP contribution in [0.2, 0.25) is 0 Å². The fourth-order valence-electron chi connectivity index (χ4n) is 4.64. The van der Waals surface area contributed by atoms with Crippen LogP contribution in [0.15, 0.2) is 99.1 Å². The second-order valence-electron chi connectivity index (χ2n) is 9.44. The van der Waals surface area contributed by atoms with E-state index in [1.165, 1.54) is 11.3 Å². The molecule has 0 N–H and O–H groups in total. The molecule has 1 aliphatic rings. The van der Waals surface area contributed by atoms with Gasteiger partial charge in [0.25, 0.3) is 5.56 Å². The first-order chi connectivity index (χ1) is 19.4. The fraction of sp³-hybridized carbons (Fsp3) is 0.219. The van der Waals surface area contributed by atoms with E-state index in [0.717, 1.165) is 27.3 Å². The number of aromatic nitrogens is 1. The van der Waals surface area contributed by atoms with Gasteiger partial charge in [0, 0.05) is 10.5 Å². The van der Waals surface area contributed by atoms with Gasteiger partial charge < -0.3 is 9.47 Å². The van der Waals surface area contributed by atoms with Crippen molar-refractivity contribution in [1.29, 1.82) is 0 Å². The van der Waals surface area contributed by atoms with Crippen LogP contribution in [0.25, 0.3) is 11.8 Å². The number of ether oxygens (including phenoxy) is 2. The number of carbonyl (C=O) groups is 1. The lowest BCUT2D eigenvalue weighted by atomic mass is 9.93. The molecule has 0 radical (unpaired) electrons. The minimum atomic E-state index is -0.695. The van der Waals surface area contributed by atoms with Gasteiger partial charge in [-0.15, -0.1) is 11.8 Å². The van der Waals surface area contributed by atoms with E-state index in [1.54, 1.807) is 23.3 Å². The quantitative estimate of drug-likeness (QED) is 0.208. The van der Waals surface area contributed by atoms with Crippen LogP contribution >= 0.6 is 23.1 Å². The lowest BCUT2D eigenvalue weighted by molar-refractivity contribution is -0.138. The van der Waals surface area contributed by atoms with E-state index in [4.69, 9.17) is 14.5 Å². The average molecular weight is 571 g/mol. The van der Waals surface area contributed by atoms with E-state index in [0.29, 0.717) is 20.6 Å². The summed E-state index contributed by atoms with van der Waals surface area (Å²) in [5, 5.41) is 0. The van der Waals surface area contributed by atoms with Crippen molar-refractivity contribution in [3.63, 3.8) is 0 Å². The number of benzene rings is 3. The Morgan fingerprint density at radius 3 is 2.50 bits per heavy atom. The summed E-state index contributed by atoms with van der Waals surface area (Å²) < 4.78 is 13.5. The molecular weight excluding hydrogens is 540 g/mol. The zero-order valence-electron chi connectivity index (χ0n) is 22.8. The van der Waals surface area contributed by atoms with E-state index in [9.17, 15) is 9.59 Å². The molecule has 0 amide bonds. The van der Waals surface area contributed by atoms with Crippen LogP contribution < -0.4 is 19.6 Å². The summed E-state index contributed by atoms with van der Waals surface area (Å²) in [6.07, 6.45) is 3.90. The molecule has 1 aromatic heterocycles. The van der Waals surface area contributed by atoms with Crippen LogP contribution in [-0.2, 0) is 9.53 Å². The highest BCUT2D eigenvalue weighted by Gasteiger charge is 2.35. The second-order valence-corrected chi connectivity index (χ2v) is 11.3. The number of esters is 1. The molecule has 0 fully saturated rings. The summed E-state index contributed by atoms with van der Waals surface area (Å²) >= 11 is 2.94. The predicted octanol–water partition coefficient (Wildman–Crippen LogP) is 5.44. The van der Waals surface area contributed by atoms with Gasteiger partial charge in [-0.1, -0.05) is 65.9 Å². The number of carbonyl (C=O) groups excluding carboxylic acids is 1. The van der Waals surface area contributed by atoms with Crippen LogP contribution in [0, 0.1) is 0 Å². The number of nitrogens with zero attached hydrogens (tertiary/aromatic N) is 2. The highest BCUT2D eigenvalue weighted by Crippen LogP contribution is 2.35. The number of hydrogen-bond donors (Lipinski definition) is 0. The maximum absolute atomic E-state index is 14.0. The second kappa shape index (κ2) is 12.1. The summed E-state index contributed by atoms with van der Waals surface area (Å²) in [5.74, 6) is 0.246. The normalized spacial score (nSPS) is 15.1. The van der Waals surface area contributed by atoms with Gasteiger partial charge in [-0.3, -0.25) is 9.36 Å². The van der Waals surface area contributed by atoms with Crippen LogP contribution in [-0.4, -0.2) is 29.5 Å². The zero-order chi connectivity index (χ0) is 28.2. The summed E-state index contributed by atoms with van der Waals surface area (Å²) in [6, 6.07) is 24.5. The van der Waals surface area contributed by atoms with E-state index >= 15 is 0 Å². The van der Waals surface area contributed by atoms with Crippen molar-refractivity contribution in [3.05, 3.63) is 121 Å². The molecule has 3 aromatic carbocycles. The Kier molecular flexibility index (Phi) is 8.38. The zero-order valence-corrected chi connectivity index (χ0v) is 24.4.